The van der Waals surface area contributed by atoms with E-state index in [2.05, 4.69) is 6.92 Å². The topological polar surface area (TPSA) is 78.0 Å². The summed E-state index contributed by atoms with van der Waals surface area (Å²) in [5.41, 5.74) is 1.84. The van der Waals surface area contributed by atoms with E-state index in [4.69, 9.17) is 0 Å². The largest absolute Gasteiger partial charge is 0.338 e. The maximum atomic E-state index is 13.4. The average Bonchev–Trinajstić information content (AvgIpc) is 2.88. The van der Waals surface area contributed by atoms with Gasteiger partial charge in [0.15, 0.2) is 0 Å². The number of hydrogen-bond donors (Lipinski definition) is 0. The van der Waals surface area contributed by atoms with Gasteiger partial charge in [-0.1, -0.05) is 43.7 Å². The Hall–Kier alpha value is -2.71. The van der Waals surface area contributed by atoms with Crippen LogP contribution < -0.4 is 0 Å². The number of benzene rings is 2. The number of carbonyl (C=O) groups excluding carboxylic acids is 2. The van der Waals surface area contributed by atoms with Gasteiger partial charge < -0.3 is 9.80 Å². The normalized spacial score (nSPS) is 20.0. The zero-order chi connectivity index (χ0) is 23.4. The number of carbonyl (C=O) groups is 2. The highest BCUT2D eigenvalue weighted by Crippen LogP contribution is 2.27. The maximum Gasteiger partial charge on any atom is 0.253 e. The summed E-state index contributed by atoms with van der Waals surface area (Å²) in [6.45, 7) is 4.13. The van der Waals surface area contributed by atoms with Crippen LogP contribution in [-0.2, 0) is 21.2 Å². The first-order valence-electron chi connectivity index (χ1n) is 11.7. The molecule has 0 spiro atoms. The van der Waals surface area contributed by atoms with Crippen LogP contribution >= 0.6 is 0 Å². The lowest BCUT2D eigenvalue weighted by Crippen LogP contribution is -2.57. The lowest BCUT2D eigenvalue weighted by Gasteiger charge is -2.40. The number of rotatable bonds is 5. The van der Waals surface area contributed by atoms with Gasteiger partial charge in [-0.2, -0.15) is 4.31 Å². The molecule has 7 nitrogen and oxygen atoms in total. The van der Waals surface area contributed by atoms with Crippen LogP contribution in [0, 0.1) is 0 Å². The zero-order valence-corrected chi connectivity index (χ0v) is 19.8. The van der Waals surface area contributed by atoms with E-state index in [-0.39, 0.29) is 16.7 Å². The Morgan fingerprint density at radius 3 is 2.12 bits per heavy atom. The lowest BCUT2D eigenvalue weighted by atomic mass is 10.0. The molecule has 2 aromatic carbocycles. The maximum absolute atomic E-state index is 13.4. The number of piperazine rings is 1. The van der Waals surface area contributed by atoms with Crippen molar-refractivity contribution < 1.29 is 18.0 Å². The standard InChI is InChI=1S/C25H31N3O4S/c1-2-20-11-13-21(14-12-20)24(29)26-16-18-27(19-17-26)25(30)23-10-6-7-15-28(23)33(31,32)22-8-4-3-5-9-22/h3-5,8-9,11-14,23H,2,6-7,10,15-19H2,1H3. The van der Waals surface area contributed by atoms with Crippen molar-refractivity contribution in [2.45, 2.75) is 43.5 Å². The van der Waals surface area contributed by atoms with Crippen molar-refractivity contribution in [3.63, 3.8) is 0 Å². The molecule has 2 saturated heterocycles. The van der Waals surface area contributed by atoms with Gasteiger partial charge in [0, 0.05) is 38.3 Å². The molecule has 0 saturated carbocycles. The van der Waals surface area contributed by atoms with Gasteiger partial charge in [-0.25, -0.2) is 8.42 Å². The Labute approximate surface area is 196 Å². The van der Waals surface area contributed by atoms with Crippen LogP contribution in [0.25, 0.3) is 0 Å². The number of aryl methyl sites for hydroxylation is 1. The minimum Gasteiger partial charge on any atom is -0.338 e. The highest BCUT2D eigenvalue weighted by atomic mass is 32.2. The summed E-state index contributed by atoms with van der Waals surface area (Å²) in [7, 11) is -3.74. The van der Waals surface area contributed by atoms with Gasteiger partial charge in [0.25, 0.3) is 5.91 Å². The minimum atomic E-state index is -3.74. The molecule has 2 aliphatic heterocycles. The molecule has 0 aliphatic carbocycles. The van der Waals surface area contributed by atoms with Crippen LogP contribution in [0.5, 0.6) is 0 Å². The third kappa shape index (κ3) is 4.96. The summed E-state index contributed by atoms with van der Waals surface area (Å²) >= 11 is 0. The molecule has 2 amide bonds. The molecule has 0 radical (unpaired) electrons. The quantitative estimate of drug-likeness (QED) is 0.675. The third-order valence-electron chi connectivity index (χ3n) is 6.58. The van der Waals surface area contributed by atoms with Crippen molar-refractivity contribution in [2.24, 2.45) is 0 Å². The summed E-state index contributed by atoms with van der Waals surface area (Å²) in [6, 6.07) is 15.3. The van der Waals surface area contributed by atoms with Crippen LogP contribution in [0.4, 0.5) is 0 Å². The Kier molecular flexibility index (Phi) is 7.14. The Morgan fingerprint density at radius 1 is 0.848 bits per heavy atom. The van der Waals surface area contributed by atoms with Gasteiger partial charge in [-0.15, -0.1) is 0 Å². The third-order valence-corrected chi connectivity index (χ3v) is 8.50. The Morgan fingerprint density at radius 2 is 1.48 bits per heavy atom. The highest BCUT2D eigenvalue weighted by molar-refractivity contribution is 7.89. The molecule has 176 valence electrons. The molecule has 0 bridgehead atoms. The van der Waals surface area contributed by atoms with Crippen LogP contribution in [0.15, 0.2) is 59.5 Å². The second kappa shape index (κ2) is 10.1. The van der Waals surface area contributed by atoms with E-state index in [0.29, 0.717) is 44.7 Å². The Bertz CT molecular complexity index is 1080. The smallest absolute Gasteiger partial charge is 0.253 e. The lowest BCUT2D eigenvalue weighted by molar-refractivity contribution is -0.137. The summed E-state index contributed by atoms with van der Waals surface area (Å²) < 4.78 is 27.8. The zero-order valence-electron chi connectivity index (χ0n) is 19.0. The summed E-state index contributed by atoms with van der Waals surface area (Å²) in [6.07, 6.45) is 3.01. The van der Waals surface area contributed by atoms with E-state index >= 15 is 0 Å². The van der Waals surface area contributed by atoms with E-state index in [9.17, 15) is 18.0 Å². The number of hydrogen-bond acceptors (Lipinski definition) is 4. The van der Waals surface area contributed by atoms with E-state index in [1.807, 2.05) is 24.3 Å². The fourth-order valence-corrected chi connectivity index (χ4v) is 6.25. The SMILES string of the molecule is CCc1ccc(C(=O)N2CCN(C(=O)C3CCCCN3S(=O)(=O)c3ccccc3)CC2)cc1. The summed E-state index contributed by atoms with van der Waals surface area (Å²) in [4.78, 5) is 29.9. The minimum absolute atomic E-state index is 0.0318. The van der Waals surface area contributed by atoms with E-state index in [1.54, 1.807) is 40.1 Å². The fourth-order valence-electron chi connectivity index (χ4n) is 4.57. The first kappa shape index (κ1) is 23.4. The average molecular weight is 470 g/mol. The molecule has 33 heavy (non-hydrogen) atoms. The number of amides is 2. The van der Waals surface area contributed by atoms with Crippen LogP contribution in [0.3, 0.4) is 0 Å². The molecule has 4 rings (SSSR count). The van der Waals surface area contributed by atoms with Gasteiger partial charge in [-0.05, 0) is 49.1 Å². The van der Waals surface area contributed by atoms with Crippen molar-refractivity contribution >= 4 is 21.8 Å². The molecule has 1 atom stereocenters. The number of piperidine rings is 1. The number of nitrogens with zero attached hydrogens (tertiary/aromatic N) is 3. The van der Waals surface area contributed by atoms with Crippen LogP contribution in [0.2, 0.25) is 0 Å². The van der Waals surface area contributed by atoms with Gasteiger partial charge in [0.05, 0.1) is 4.90 Å². The van der Waals surface area contributed by atoms with Crippen molar-refractivity contribution in [1.29, 1.82) is 0 Å². The molecule has 2 heterocycles. The monoisotopic (exact) mass is 469 g/mol. The predicted octanol–water partition coefficient (Wildman–Crippen LogP) is 2.78. The fraction of sp³-hybridized carbons (Fsp3) is 0.440. The molecule has 2 aliphatic rings. The summed E-state index contributed by atoms with van der Waals surface area (Å²) in [5, 5.41) is 0. The van der Waals surface area contributed by atoms with Crippen LogP contribution in [-0.4, -0.2) is 73.1 Å². The van der Waals surface area contributed by atoms with Gasteiger partial charge in [0.1, 0.15) is 6.04 Å². The van der Waals surface area contributed by atoms with Gasteiger partial charge in [0.2, 0.25) is 15.9 Å². The molecule has 8 heteroatoms. The van der Waals surface area contributed by atoms with E-state index < -0.39 is 16.1 Å². The first-order valence-corrected chi connectivity index (χ1v) is 13.1. The molecular formula is C25H31N3O4S. The van der Waals surface area contributed by atoms with Crippen molar-refractivity contribution in [3.8, 4) is 0 Å². The molecule has 2 fully saturated rings. The van der Waals surface area contributed by atoms with Gasteiger partial charge >= 0.3 is 0 Å². The van der Waals surface area contributed by atoms with E-state index in [0.717, 1.165) is 19.3 Å². The highest BCUT2D eigenvalue weighted by Gasteiger charge is 2.40. The first-order chi connectivity index (χ1) is 15.9. The molecule has 0 N–H and O–H groups in total. The number of sulfonamides is 1. The summed E-state index contributed by atoms with van der Waals surface area (Å²) in [5.74, 6) is -0.190. The van der Waals surface area contributed by atoms with Gasteiger partial charge in [-0.3, -0.25) is 9.59 Å². The molecule has 2 aromatic rings. The molecule has 0 aromatic heterocycles. The second-order valence-electron chi connectivity index (χ2n) is 8.61. The molecule has 1 unspecified atom stereocenters. The Balaban J connectivity index is 1.42. The van der Waals surface area contributed by atoms with Crippen molar-refractivity contribution in [1.82, 2.24) is 14.1 Å². The van der Waals surface area contributed by atoms with Crippen molar-refractivity contribution in [2.75, 3.05) is 32.7 Å². The van der Waals surface area contributed by atoms with Crippen LogP contribution in [0.1, 0.15) is 42.1 Å². The van der Waals surface area contributed by atoms with E-state index in [1.165, 1.54) is 9.87 Å². The second-order valence-corrected chi connectivity index (χ2v) is 10.5. The predicted molar refractivity (Wildman–Crippen MR) is 126 cm³/mol. The van der Waals surface area contributed by atoms with Crippen molar-refractivity contribution in [3.05, 3.63) is 65.7 Å². The molecular weight excluding hydrogens is 438 g/mol.